The molecule has 0 aliphatic carbocycles. The van der Waals surface area contributed by atoms with E-state index in [-0.39, 0.29) is 6.54 Å². The number of hydrogen-bond donors (Lipinski definition) is 2. The lowest BCUT2D eigenvalue weighted by Crippen LogP contribution is -2.39. The van der Waals surface area contributed by atoms with Crippen molar-refractivity contribution >= 4 is 5.96 Å². The van der Waals surface area contributed by atoms with Gasteiger partial charge in [-0.3, -0.25) is 4.99 Å². The van der Waals surface area contributed by atoms with E-state index in [0.717, 1.165) is 29.8 Å². The molecule has 1 aromatic carbocycles. The SMILES string of the molecule is CN=C(NCCCc1cn(-c2ccccc2)nc1C)NCCC(F)(F)F. The maximum atomic E-state index is 12.2. The molecule has 0 atom stereocenters. The number of aryl methyl sites for hydroxylation is 2. The quantitative estimate of drug-likeness (QED) is 0.449. The predicted molar refractivity (Wildman–Crippen MR) is 96.7 cm³/mol. The first-order valence-electron chi connectivity index (χ1n) is 8.51. The number of aromatic nitrogens is 2. The van der Waals surface area contributed by atoms with E-state index in [9.17, 15) is 13.2 Å². The molecule has 142 valence electrons. The van der Waals surface area contributed by atoms with Crippen LogP contribution in [0.15, 0.2) is 41.5 Å². The van der Waals surface area contributed by atoms with Crippen molar-refractivity contribution in [2.45, 2.75) is 32.4 Å². The van der Waals surface area contributed by atoms with Crippen LogP contribution in [0.3, 0.4) is 0 Å². The number of hydrogen-bond acceptors (Lipinski definition) is 2. The standard InChI is InChI=1S/C18H24F3N5/c1-14-15(13-26(25-14)16-8-4-3-5-9-16)7-6-11-23-17(22-2)24-12-10-18(19,20)21/h3-5,8-9,13H,6-7,10-12H2,1-2H3,(H2,22,23,24). The Labute approximate surface area is 151 Å². The molecule has 8 heteroatoms. The molecule has 0 bridgehead atoms. The van der Waals surface area contributed by atoms with Crippen molar-refractivity contribution in [3.63, 3.8) is 0 Å². The topological polar surface area (TPSA) is 54.2 Å². The number of rotatable bonds is 7. The van der Waals surface area contributed by atoms with E-state index in [4.69, 9.17) is 0 Å². The van der Waals surface area contributed by atoms with Crippen molar-refractivity contribution in [2.75, 3.05) is 20.1 Å². The van der Waals surface area contributed by atoms with Crippen LogP contribution in [0.25, 0.3) is 5.69 Å². The minimum absolute atomic E-state index is 0.188. The third-order valence-electron chi connectivity index (χ3n) is 3.86. The molecule has 0 fully saturated rings. The second kappa shape index (κ2) is 9.26. The number of benzene rings is 1. The maximum Gasteiger partial charge on any atom is 0.390 e. The van der Waals surface area contributed by atoms with Gasteiger partial charge in [0.25, 0.3) is 0 Å². The van der Waals surface area contributed by atoms with Gasteiger partial charge in [-0.15, -0.1) is 0 Å². The maximum absolute atomic E-state index is 12.2. The highest BCUT2D eigenvalue weighted by atomic mass is 19.4. The van der Waals surface area contributed by atoms with E-state index in [1.165, 1.54) is 7.05 Å². The van der Waals surface area contributed by atoms with Crippen molar-refractivity contribution in [3.05, 3.63) is 47.8 Å². The fraction of sp³-hybridized carbons (Fsp3) is 0.444. The van der Waals surface area contributed by atoms with Crippen LogP contribution in [0.2, 0.25) is 0 Å². The zero-order valence-corrected chi connectivity index (χ0v) is 15.0. The Hall–Kier alpha value is -2.51. The lowest BCUT2D eigenvalue weighted by atomic mass is 10.1. The van der Waals surface area contributed by atoms with Gasteiger partial charge >= 0.3 is 6.18 Å². The molecule has 0 amide bonds. The summed E-state index contributed by atoms with van der Waals surface area (Å²) in [7, 11) is 1.54. The molecule has 0 unspecified atom stereocenters. The highest BCUT2D eigenvalue weighted by molar-refractivity contribution is 5.79. The predicted octanol–water partition coefficient (Wildman–Crippen LogP) is 3.23. The van der Waals surface area contributed by atoms with Crippen LogP contribution >= 0.6 is 0 Å². The number of para-hydroxylation sites is 1. The second-order valence-electron chi connectivity index (χ2n) is 5.91. The van der Waals surface area contributed by atoms with Crippen molar-refractivity contribution in [2.24, 2.45) is 4.99 Å². The Morgan fingerprint density at radius 3 is 2.50 bits per heavy atom. The lowest BCUT2D eigenvalue weighted by molar-refractivity contribution is -0.132. The third-order valence-corrected chi connectivity index (χ3v) is 3.86. The van der Waals surface area contributed by atoms with Gasteiger partial charge in [0.2, 0.25) is 0 Å². The van der Waals surface area contributed by atoms with Crippen LogP contribution in [0.4, 0.5) is 13.2 Å². The summed E-state index contributed by atoms with van der Waals surface area (Å²) in [5.41, 5.74) is 3.13. The van der Waals surface area contributed by atoms with Gasteiger partial charge in [-0.2, -0.15) is 18.3 Å². The molecular weight excluding hydrogens is 343 g/mol. The Balaban J connectivity index is 1.76. The second-order valence-corrected chi connectivity index (χ2v) is 5.91. The van der Waals surface area contributed by atoms with Gasteiger partial charge in [0, 0.05) is 26.3 Å². The monoisotopic (exact) mass is 367 g/mol. The van der Waals surface area contributed by atoms with Crippen LogP contribution in [0, 0.1) is 6.92 Å². The molecule has 2 N–H and O–H groups in total. The number of halogens is 3. The molecule has 5 nitrogen and oxygen atoms in total. The van der Waals surface area contributed by atoms with Crippen LogP contribution < -0.4 is 10.6 Å². The van der Waals surface area contributed by atoms with E-state index in [2.05, 4.69) is 20.7 Å². The van der Waals surface area contributed by atoms with Gasteiger partial charge in [-0.05, 0) is 37.5 Å². The first-order valence-corrected chi connectivity index (χ1v) is 8.51. The fourth-order valence-corrected chi connectivity index (χ4v) is 2.48. The van der Waals surface area contributed by atoms with Crippen LogP contribution in [-0.4, -0.2) is 42.1 Å². The number of aliphatic imine (C=N–C) groups is 1. The summed E-state index contributed by atoms with van der Waals surface area (Å²) in [6, 6.07) is 9.88. The number of guanidine groups is 1. The molecule has 0 aliphatic heterocycles. The molecular formula is C18H24F3N5. The van der Waals surface area contributed by atoms with Gasteiger partial charge in [0.05, 0.1) is 17.8 Å². The molecule has 0 saturated heterocycles. The molecule has 0 saturated carbocycles. The highest BCUT2D eigenvalue weighted by Gasteiger charge is 2.26. The summed E-state index contributed by atoms with van der Waals surface area (Å²) in [6.45, 7) is 2.40. The van der Waals surface area contributed by atoms with E-state index in [1.807, 2.05) is 48.1 Å². The smallest absolute Gasteiger partial charge is 0.356 e. The minimum atomic E-state index is -4.16. The van der Waals surface area contributed by atoms with Gasteiger partial charge in [-0.1, -0.05) is 18.2 Å². The molecule has 2 rings (SSSR count). The van der Waals surface area contributed by atoms with Crippen molar-refractivity contribution in [1.29, 1.82) is 0 Å². The Morgan fingerprint density at radius 2 is 1.85 bits per heavy atom. The molecule has 2 aromatic rings. The van der Waals surface area contributed by atoms with Crippen LogP contribution in [-0.2, 0) is 6.42 Å². The number of alkyl halides is 3. The summed E-state index contributed by atoms with van der Waals surface area (Å²) in [6.07, 6.45) is -1.39. The Morgan fingerprint density at radius 1 is 1.15 bits per heavy atom. The Kier molecular flexibility index (Phi) is 7.06. The average molecular weight is 367 g/mol. The largest absolute Gasteiger partial charge is 0.390 e. The third kappa shape index (κ3) is 6.42. The van der Waals surface area contributed by atoms with Crippen molar-refractivity contribution in [3.8, 4) is 5.69 Å². The first kappa shape index (κ1) is 19.8. The van der Waals surface area contributed by atoms with Crippen molar-refractivity contribution in [1.82, 2.24) is 20.4 Å². The molecule has 1 aromatic heterocycles. The normalized spacial score (nSPS) is 12.3. The summed E-state index contributed by atoms with van der Waals surface area (Å²) < 4.78 is 38.3. The summed E-state index contributed by atoms with van der Waals surface area (Å²) in [5.74, 6) is 0.381. The average Bonchev–Trinajstić information content (AvgIpc) is 2.97. The molecule has 0 radical (unpaired) electrons. The highest BCUT2D eigenvalue weighted by Crippen LogP contribution is 2.18. The molecule has 26 heavy (non-hydrogen) atoms. The Bertz CT molecular complexity index is 707. The van der Waals surface area contributed by atoms with Gasteiger partial charge in [0.15, 0.2) is 5.96 Å². The van der Waals surface area contributed by atoms with Crippen LogP contribution in [0.5, 0.6) is 0 Å². The number of nitrogens with one attached hydrogen (secondary N) is 2. The summed E-state index contributed by atoms with van der Waals surface area (Å²) in [4.78, 5) is 3.92. The molecule has 0 spiro atoms. The fourth-order valence-electron chi connectivity index (χ4n) is 2.48. The van der Waals surface area contributed by atoms with Crippen molar-refractivity contribution < 1.29 is 13.2 Å². The molecule has 1 heterocycles. The minimum Gasteiger partial charge on any atom is -0.356 e. The lowest BCUT2D eigenvalue weighted by Gasteiger charge is -2.12. The molecule has 0 aliphatic rings. The van der Waals surface area contributed by atoms with Gasteiger partial charge in [-0.25, -0.2) is 4.68 Å². The first-order chi connectivity index (χ1) is 12.4. The van der Waals surface area contributed by atoms with E-state index in [1.54, 1.807) is 0 Å². The van der Waals surface area contributed by atoms with E-state index >= 15 is 0 Å². The van der Waals surface area contributed by atoms with E-state index in [0.29, 0.717) is 12.5 Å². The van der Waals surface area contributed by atoms with E-state index < -0.39 is 12.6 Å². The zero-order valence-electron chi connectivity index (χ0n) is 15.0. The van der Waals surface area contributed by atoms with Gasteiger partial charge < -0.3 is 10.6 Å². The van der Waals surface area contributed by atoms with Gasteiger partial charge in [0.1, 0.15) is 0 Å². The van der Waals surface area contributed by atoms with Crippen LogP contribution in [0.1, 0.15) is 24.1 Å². The zero-order chi connectivity index (χ0) is 19.0. The summed E-state index contributed by atoms with van der Waals surface area (Å²) in [5, 5.41) is 10.2. The summed E-state index contributed by atoms with van der Waals surface area (Å²) >= 11 is 0. The number of nitrogens with zero attached hydrogens (tertiary/aromatic N) is 3.